The van der Waals surface area contributed by atoms with E-state index < -0.39 is 0 Å². The molecule has 0 aliphatic carbocycles. The van der Waals surface area contributed by atoms with Crippen LogP contribution in [0.25, 0.3) is 11.3 Å². The Morgan fingerprint density at radius 1 is 0.720 bits per heavy atom. The van der Waals surface area contributed by atoms with Crippen LogP contribution in [0.5, 0.6) is 0 Å². The molecule has 0 radical (unpaired) electrons. The van der Waals surface area contributed by atoms with E-state index in [0.29, 0.717) is 0 Å². The number of rotatable bonds is 4. The highest BCUT2D eigenvalue weighted by Gasteiger charge is 2.08. The van der Waals surface area contributed by atoms with Crippen LogP contribution in [0, 0.1) is 34.6 Å². The van der Waals surface area contributed by atoms with Crippen molar-refractivity contribution in [2.75, 3.05) is 0 Å². The van der Waals surface area contributed by atoms with Crippen molar-refractivity contribution in [2.24, 2.45) is 0 Å². The normalized spacial score (nSPS) is 10.9. The first kappa shape index (κ1) is 17.7. The summed E-state index contributed by atoms with van der Waals surface area (Å²) >= 11 is 1.74. The van der Waals surface area contributed by atoms with E-state index in [4.69, 9.17) is 0 Å². The summed E-state index contributed by atoms with van der Waals surface area (Å²) in [6.07, 6.45) is 0. The molecule has 0 aliphatic rings. The van der Waals surface area contributed by atoms with Gasteiger partial charge in [-0.25, -0.2) is 0 Å². The number of benzene rings is 2. The topological polar surface area (TPSA) is 25.8 Å². The predicted octanol–water partition coefficient (Wildman–Crippen LogP) is 5.98. The van der Waals surface area contributed by atoms with Crippen LogP contribution in [0.3, 0.4) is 0 Å². The van der Waals surface area contributed by atoms with Crippen LogP contribution in [0.4, 0.5) is 0 Å². The lowest BCUT2D eigenvalue weighted by Crippen LogP contribution is -1.94. The van der Waals surface area contributed by atoms with Gasteiger partial charge in [0.1, 0.15) is 5.03 Å². The smallest absolute Gasteiger partial charge is 0.119 e. The van der Waals surface area contributed by atoms with Crippen molar-refractivity contribution in [3.8, 4) is 11.3 Å². The Morgan fingerprint density at radius 2 is 1.48 bits per heavy atom. The van der Waals surface area contributed by atoms with Gasteiger partial charge in [0.15, 0.2) is 0 Å². The first-order valence-corrected chi connectivity index (χ1v) is 9.53. The van der Waals surface area contributed by atoms with Gasteiger partial charge in [-0.2, -0.15) is 0 Å². The van der Waals surface area contributed by atoms with Gasteiger partial charge in [0.05, 0.1) is 5.69 Å². The van der Waals surface area contributed by atoms with Crippen molar-refractivity contribution >= 4 is 11.8 Å². The van der Waals surface area contributed by atoms with Crippen LogP contribution in [0.1, 0.15) is 33.4 Å². The van der Waals surface area contributed by atoms with Crippen molar-refractivity contribution in [1.82, 2.24) is 10.2 Å². The average molecular weight is 349 g/mol. The summed E-state index contributed by atoms with van der Waals surface area (Å²) in [4.78, 5) is 0. The molecule has 2 aromatic carbocycles. The van der Waals surface area contributed by atoms with Crippen LogP contribution >= 0.6 is 11.8 Å². The molecule has 3 aromatic rings. The molecule has 0 amide bonds. The molecule has 0 atom stereocenters. The minimum atomic E-state index is 0.921. The fourth-order valence-electron chi connectivity index (χ4n) is 2.88. The number of thioether (sulfide) groups is 1. The Balaban J connectivity index is 1.77. The van der Waals surface area contributed by atoms with Crippen molar-refractivity contribution in [1.29, 1.82) is 0 Å². The molecule has 0 aliphatic heterocycles. The summed E-state index contributed by atoms with van der Waals surface area (Å²) in [6, 6.07) is 15.2. The summed E-state index contributed by atoms with van der Waals surface area (Å²) < 4.78 is 0. The molecule has 3 heteroatoms. The third-order valence-electron chi connectivity index (χ3n) is 4.64. The number of aryl methyl sites for hydroxylation is 5. The largest absolute Gasteiger partial charge is 0.149 e. The number of hydrogen-bond acceptors (Lipinski definition) is 3. The van der Waals surface area contributed by atoms with Gasteiger partial charge in [-0.3, -0.25) is 0 Å². The summed E-state index contributed by atoms with van der Waals surface area (Å²) in [6.45, 7) is 10.7. The highest BCUT2D eigenvalue weighted by molar-refractivity contribution is 7.98. The lowest BCUT2D eigenvalue weighted by atomic mass is 9.99. The zero-order valence-electron chi connectivity index (χ0n) is 15.6. The van der Waals surface area contributed by atoms with Gasteiger partial charge in [0, 0.05) is 11.3 Å². The molecular weight excluding hydrogens is 324 g/mol. The number of aromatic nitrogens is 2. The molecule has 1 heterocycles. The number of nitrogens with zero attached hydrogens (tertiary/aromatic N) is 2. The number of hydrogen-bond donors (Lipinski definition) is 0. The Bertz CT molecular complexity index is 899. The maximum Gasteiger partial charge on any atom is 0.119 e. The second-order valence-corrected chi connectivity index (χ2v) is 7.72. The van der Waals surface area contributed by atoms with Gasteiger partial charge in [-0.1, -0.05) is 41.6 Å². The van der Waals surface area contributed by atoms with E-state index in [1.54, 1.807) is 11.8 Å². The SMILES string of the molecule is Cc1ccc(C)c(CSc2ccc(-c3cc(C)c(C)cc3C)nn2)c1. The van der Waals surface area contributed by atoms with Gasteiger partial charge >= 0.3 is 0 Å². The molecule has 0 bridgehead atoms. The molecular formula is C22H24N2S. The van der Waals surface area contributed by atoms with Crippen LogP contribution in [0.15, 0.2) is 47.5 Å². The molecule has 0 spiro atoms. The van der Waals surface area contributed by atoms with E-state index in [9.17, 15) is 0 Å². The van der Waals surface area contributed by atoms with Gasteiger partial charge in [-0.05, 0) is 80.6 Å². The zero-order chi connectivity index (χ0) is 18.0. The molecule has 0 saturated heterocycles. The van der Waals surface area contributed by atoms with Crippen molar-refractivity contribution in [3.63, 3.8) is 0 Å². The van der Waals surface area contributed by atoms with Crippen LogP contribution in [0.2, 0.25) is 0 Å². The molecule has 3 rings (SSSR count). The molecule has 0 fully saturated rings. The third kappa shape index (κ3) is 4.10. The maximum absolute atomic E-state index is 4.46. The molecule has 2 nitrogen and oxygen atoms in total. The van der Waals surface area contributed by atoms with Gasteiger partial charge < -0.3 is 0 Å². The minimum absolute atomic E-state index is 0.921. The van der Waals surface area contributed by atoms with Crippen LogP contribution in [-0.4, -0.2) is 10.2 Å². The zero-order valence-corrected chi connectivity index (χ0v) is 16.4. The Hall–Kier alpha value is -2.13. The molecule has 0 saturated carbocycles. The highest BCUT2D eigenvalue weighted by Crippen LogP contribution is 2.27. The monoisotopic (exact) mass is 348 g/mol. The van der Waals surface area contributed by atoms with Crippen molar-refractivity contribution < 1.29 is 0 Å². The van der Waals surface area contributed by atoms with Crippen molar-refractivity contribution in [2.45, 2.75) is 45.4 Å². The van der Waals surface area contributed by atoms with E-state index in [-0.39, 0.29) is 0 Å². The second kappa shape index (κ2) is 7.40. The predicted molar refractivity (Wildman–Crippen MR) is 107 cm³/mol. The lowest BCUT2D eigenvalue weighted by molar-refractivity contribution is 0.934. The summed E-state index contributed by atoms with van der Waals surface area (Å²) in [5.74, 6) is 0.921. The van der Waals surface area contributed by atoms with E-state index in [1.165, 1.54) is 38.9 Å². The maximum atomic E-state index is 4.46. The standard InChI is InChI=1S/C22H24N2S/c1-14-6-7-15(2)19(10-14)13-25-22-9-8-21(23-24-22)20-12-17(4)16(3)11-18(20)5/h6-12H,13H2,1-5H3. The molecule has 25 heavy (non-hydrogen) atoms. The van der Waals surface area contributed by atoms with Gasteiger partial charge in [0.25, 0.3) is 0 Å². The van der Waals surface area contributed by atoms with Crippen LogP contribution in [-0.2, 0) is 5.75 Å². The minimum Gasteiger partial charge on any atom is -0.149 e. The molecule has 0 unspecified atom stereocenters. The van der Waals surface area contributed by atoms with E-state index in [1.807, 2.05) is 0 Å². The molecule has 1 aromatic heterocycles. The lowest BCUT2D eigenvalue weighted by Gasteiger charge is -2.10. The average Bonchev–Trinajstić information content (AvgIpc) is 2.59. The Kier molecular flexibility index (Phi) is 5.24. The summed E-state index contributed by atoms with van der Waals surface area (Å²) in [5.41, 5.74) is 9.94. The van der Waals surface area contributed by atoms with Crippen molar-refractivity contribution in [3.05, 3.63) is 75.8 Å². The summed E-state index contributed by atoms with van der Waals surface area (Å²) in [5, 5.41) is 9.85. The Morgan fingerprint density at radius 3 is 2.20 bits per heavy atom. The summed E-state index contributed by atoms with van der Waals surface area (Å²) in [7, 11) is 0. The fraction of sp³-hybridized carbons (Fsp3) is 0.273. The fourth-order valence-corrected chi connectivity index (χ4v) is 3.76. The third-order valence-corrected chi connectivity index (χ3v) is 5.61. The van der Waals surface area contributed by atoms with E-state index >= 15 is 0 Å². The molecule has 0 N–H and O–H groups in total. The highest BCUT2D eigenvalue weighted by atomic mass is 32.2. The first-order chi connectivity index (χ1) is 11.9. The second-order valence-electron chi connectivity index (χ2n) is 6.73. The molecule has 128 valence electrons. The van der Waals surface area contributed by atoms with Crippen LogP contribution < -0.4 is 0 Å². The van der Waals surface area contributed by atoms with Gasteiger partial charge in [-0.15, -0.1) is 10.2 Å². The van der Waals surface area contributed by atoms with E-state index in [2.05, 4.69) is 87.3 Å². The van der Waals surface area contributed by atoms with Gasteiger partial charge in [0.2, 0.25) is 0 Å². The first-order valence-electron chi connectivity index (χ1n) is 8.55. The van der Waals surface area contributed by atoms with E-state index in [0.717, 1.165) is 16.5 Å². The quantitative estimate of drug-likeness (QED) is 0.543. The Labute approximate surface area is 154 Å².